The lowest BCUT2D eigenvalue weighted by atomic mass is 10.0. The lowest BCUT2D eigenvalue weighted by Gasteiger charge is -2.21. The van der Waals surface area contributed by atoms with E-state index in [1.54, 1.807) is 12.1 Å². The Hall–Kier alpha value is -3.84. The lowest BCUT2D eigenvalue weighted by Crippen LogP contribution is -2.54. The van der Waals surface area contributed by atoms with Gasteiger partial charge in [0, 0.05) is 29.2 Å². The van der Waals surface area contributed by atoms with Crippen molar-refractivity contribution < 1.29 is 32.9 Å². The number of carbonyl (C=O) groups is 4. The zero-order valence-corrected chi connectivity index (χ0v) is 21.6. The lowest BCUT2D eigenvalue weighted by molar-refractivity contribution is -0.131. The van der Waals surface area contributed by atoms with Gasteiger partial charge in [0.05, 0.1) is 12.6 Å². The summed E-state index contributed by atoms with van der Waals surface area (Å²) < 4.78 is 24.7. The van der Waals surface area contributed by atoms with Crippen molar-refractivity contribution in [3.63, 3.8) is 0 Å². The van der Waals surface area contributed by atoms with E-state index in [1.165, 1.54) is 42.7 Å². The highest BCUT2D eigenvalue weighted by molar-refractivity contribution is 7.84. The van der Waals surface area contributed by atoms with Crippen molar-refractivity contribution in [2.45, 2.75) is 37.4 Å². The van der Waals surface area contributed by atoms with Gasteiger partial charge in [-0.05, 0) is 48.2 Å². The molecule has 0 heterocycles. The molecule has 0 aliphatic heterocycles. The molecule has 13 heteroatoms. The second-order valence-electron chi connectivity index (χ2n) is 8.68. The quantitative estimate of drug-likeness (QED) is 0.174. The number of phenolic OH excluding ortho intramolecular Hbond substituents is 1. The Kier molecular flexibility index (Phi) is 11.8. The number of nitrogens with two attached hydrogens (primary N) is 2. The highest BCUT2D eigenvalue weighted by atomic mass is 32.2. The molecule has 8 N–H and O–H groups in total. The van der Waals surface area contributed by atoms with Gasteiger partial charge in [-0.15, -0.1) is 0 Å². The topological polar surface area (TPSA) is 194 Å². The van der Waals surface area contributed by atoms with Crippen molar-refractivity contribution in [1.82, 2.24) is 16.0 Å². The van der Waals surface area contributed by atoms with Crippen LogP contribution in [0, 0.1) is 5.82 Å². The normalized spacial score (nSPS) is 14.0. The van der Waals surface area contributed by atoms with Crippen molar-refractivity contribution in [2.75, 3.05) is 18.6 Å². The molecule has 4 amide bonds. The number of primary amides is 1. The minimum atomic E-state index is -1.25. The number of hydrogen-bond acceptors (Lipinski definition) is 7. The summed E-state index contributed by atoms with van der Waals surface area (Å²) in [7, 11) is -1.25. The number of hydrogen-bond donors (Lipinski definition) is 6. The van der Waals surface area contributed by atoms with E-state index in [2.05, 4.69) is 16.0 Å². The van der Waals surface area contributed by atoms with E-state index >= 15 is 0 Å². The Morgan fingerprint density at radius 3 is 2.08 bits per heavy atom. The molecule has 0 aromatic heterocycles. The standard InChI is InChI=1S/C25H32FN5O6S/c1-38(37)11-10-20(31-24(35)19(27)12-15-4-8-18(32)9-5-15)25(36)29-14-22(33)30-21(23(28)34)13-16-2-6-17(26)7-3-16/h2-9,19-21,32H,10-14,27H2,1H3,(H2,28,34)(H,29,36)(H,30,33)(H,31,35)/t19-,20-,21+,38-/m1/s1. The molecule has 0 fully saturated rings. The average molecular weight is 550 g/mol. The summed E-state index contributed by atoms with van der Waals surface area (Å²) in [4.78, 5) is 49.6. The van der Waals surface area contributed by atoms with Crippen LogP contribution in [0.25, 0.3) is 0 Å². The number of rotatable bonds is 14. The zero-order valence-electron chi connectivity index (χ0n) is 20.8. The van der Waals surface area contributed by atoms with Gasteiger partial charge in [0.2, 0.25) is 23.6 Å². The first-order valence-electron chi connectivity index (χ1n) is 11.7. The van der Waals surface area contributed by atoms with Crippen LogP contribution in [0.15, 0.2) is 48.5 Å². The molecule has 0 spiro atoms. The molecule has 206 valence electrons. The van der Waals surface area contributed by atoms with Crippen LogP contribution in [0.2, 0.25) is 0 Å². The minimum absolute atomic E-state index is 0.0230. The van der Waals surface area contributed by atoms with Crippen LogP contribution < -0.4 is 27.4 Å². The van der Waals surface area contributed by atoms with Gasteiger partial charge in [0.15, 0.2) is 0 Å². The van der Waals surface area contributed by atoms with E-state index in [9.17, 15) is 32.9 Å². The van der Waals surface area contributed by atoms with Crippen molar-refractivity contribution in [3.05, 3.63) is 65.5 Å². The molecule has 0 aliphatic rings. The Balaban J connectivity index is 1.95. The van der Waals surface area contributed by atoms with Crippen LogP contribution in [0.1, 0.15) is 17.5 Å². The molecular formula is C25H32FN5O6S. The maximum absolute atomic E-state index is 13.1. The van der Waals surface area contributed by atoms with Gasteiger partial charge in [-0.2, -0.15) is 0 Å². The molecule has 0 aliphatic carbocycles. The fraction of sp³-hybridized carbons (Fsp3) is 0.360. The van der Waals surface area contributed by atoms with Gasteiger partial charge >= 0.3 is 0 Å². The van der Waals surface area contributed by atoms with Crippen molar-refractivity contribution in [1.29, 1.82) is 0 Å². The first kappa shape index (κ1) is 30.4. The predicted octanol–water partition coefficient (Wildman–Crippen LogP) is -1.02. The Morgan fingerprint density at radius 2 is 1.50 bits per heavy atom. The molecule has 4 atom stereocenters. The van der Waals surface area contributed by atoms with E-state index in [0.29, 0.717) is 11.1 Å². The van der Waals surface area contributed by atoms with Gasteiger partial charge in [0.1, 0.15) is 23.7 Å². The summed E-state index contributed by atoms with van der Waals surface area (Å²) in [5.41, 5.74) is 12.6. The summed E-state index contributed by atoms with van der Waals surface area (Å²) in [6, 6.07) is 8.26. The van der Waals surface area contributed by atoms with Gasteiger partial charge in [-0.1, -0.05) is 24.3 Å². The molecular weight excluding hydrogens is 517 g/mol. The predicted molar refractivity (Wildman–Crippen MR) is 140 cm³/mol. The van der Waals surface area contributed by atoms with Crippen molar-refractivity contribution >= 4 is 34.4 Å². The molecule has 2 aromatic carbocycles. The van der Waals surface area contributed by atoms with Crippen LogP contribution in [0.4, 0.5) is 4.39 Å². The van der Waals surface area contributed by atoms with Crippen molar-refractivity contribution in [3.8, 4) is 5.75 Å². The highest BCUT2D eigenvalue weighted by Gasteiger charge is 2.25. The summed E-state index contributed by atoms with van der Waals surface area (Å²) in [6.45, 7) is -0.521. The molecule has 0 bridgehead atoms. The molecule has 2 aromatic rings. The third-order valence-corrected chi connectivity index (χ3v) is 6.32. The Bertz CT molecular complexity index is 1150. The Morgan fingerprint density at radius 1 is 0.921 bits per heavy atom. The first-order chi connectivity index (χ1) is 17.9. The smallest absolute Gasteiger partial charge is 0.243 e. The third-order valence-electron chi connectivity index (χ3n) is 5.51. The number of carbonyl (C=O) groups excluding carboxylic acids is 4. The number of halogens is 1. The summed E-state index contributed by atoms with van der Waals surface area (Å²) in [6.07, 6.45) is 1.65. The van der Waals surface area contributed by atoms with Gasteiger partial charge in [-0.3, -0.25) is 23.4 Å². The fourth-order valence-corrected chi connectivity index (χ4v) is 3.99. The van der Waals surface area contributed by atoms with Crippen LogP contribution in [0.3, 0.4) is 0 Å². The van der Waals surface area contributed by atoms with E-state index in [4.69, 9.17) is 11.5 Å². The molecule has 11 nitrogen and oxygen atoms in total. The first-order valence-corrected chi connectivity index (χ1v) is 13.4. The zero-order chi connectivity index (χ0) is 28.2. The molecule has 0 saturated carbocycles. The van der Waals surface area contributed by atoms with Crippen LogP contribution in [-0.2, 0) is 42.8 Å². The van der Waals surface area contributed by atoms with E-state index < -0.39 is 64.9 Å². The number of amides is 4. The molecule has 38 heavy (non-hydrogen) atoms. The Labute approximate surface area is 222 Å². The van der Waals surface area contributed by atoms with Crippen molar-refractivity contribution in [2.24, 2.45) is 11.5 Å². The summed E-state index contributed by atoms with van der Waals surface area (Å²) in [5, 5.41) is 16.7. The minimum Gasteiger partial charge on any atom is -0.508 e. The maximum atomic E-state index is 13.1. The highest BCUT2D eigenvalue weighted by Crippen LogP contribution is 2.11. The number of benzene rings is 2. The second kappa shape index (κ2) is 14.8. The van der Waals surface area contributed by atoms with E-state index in [1.807, 2.05) is 0 Å². The van der Waals surface area contributed by atoms with Gasteiger partial charge in [-0.25, -0.2) is 4.39 Å². The SMILES string of the molecule is C[S@@](=O)CC[C@@H](NC(=O)[C@H](N)Cc1ccc(O)cc1)C(=O)NCC(=O)N[C@@H](Cc1ccc(F)cc1)C(N)=O. The van der Waals surface area contributed by atoms with E-state index in [0.717, 1.165) is 0 Å². The van der Waals surface area contributed by atoms with Crippen LogP contribution in [0.5, 0.6) is 5.75 Å². The average Bonchev–Trinajstić information content (AvgIpc) is 2.86. The summed E-state index contributed by atoms with van der Waals surface area (Å²) >= 11 is 0. The van der Waals surface area contributed by atoms with Gasteiger partial charge < -0.3 is 32.5 Å². The molecule has 2 rings (SSSR count). The third kappa shape index (κ3) is 10.6. The number of aromatic hydroxyl groups is 1. The number of nitrogens with one attached hydrogen (secondary N) is 3. The van der Waals surface area contributed by atoms with Crippen LogP contribution >= 0.6 is 0 Å². The molecule has 0 radical (unpaired) electrons. The largest absolute Gasteiger partial charge is 0.508 e. The molecule has 0 saturated heterocycles. The molecule has 0 unspecified atom stereocenters. The summed E-state index contributed by atoms with van der Waals surface area (Å²) in [5.74, 6) is -3.13. The van der Waals surface area contributed by atoms with Crippen LogP contribution in [-0.4, -0.2) is 69.6 Å². The maximum Gasteiger partial charge on any atom is 0.243 e. The van der Waals surface area contributed by atoms with E-state index in [-0.39, 0.29) is 30.8 Å². The number of phenols is 1. The monoisotopic (exact) mass is 549 g/mol. The second-order valence-corrected chi connectivity index (χ2v) is 10.2. The fourth-order valence-electron chi connectivity index (χ4n) is 3.42. The van der Waals surface area contributed by atoms with Gasteiger partial charge in [0.25, 0.3) is 0 Å².